The molecule has 2 aromatic carbocycles. The molecule has 0 unspecified atom stereocenters. The minimum absolute atomic E-state index is 0.0698. The maximum atomic E-state index is 11.1. The smallest absolute Gasteiger partial charge is 0.221 e. The summed E-state index contributed by atoms with van der Waals surface area (Å²) in [7, 11) is 2.10. The Labute approximate surface area is 306 Å². The molecule has 2 saturated carbocycles. The second kappa shape index (κ2) is 15.4. The Morgan fingerprint density at radius 2 is 1.23 bits per heavy atom. The summed E-state index contributed by atoms with van der Waals surface area (Å²) in [6.07, 6.45) is 6.69. The van der Waals surface area contributed by atoms with Crippen LogP contribution in [0, 0.1) is 0 Å². The van der Waals surface area contributed by atoms with E-state index in [1.165, 1.54) is 45.6 Å². The number of carbonyl (C=O) groups excluding carboxylic acids is 1. The molecule has 0 atom stereocenters. The van der Waals surface area contributed by atoms with Gasteiger partial charge >= 0.3 is 0 Å². The van der Waals surface area contributed by atoms with Crippen LogP contribution in [-0.2, 0) is 4.79 Å². The van der Waals surface area contributed by atoms with Gasteiger partial charge in [-0.3, -0.25) is 14.6 Å². The fourth-order valence-electron chi connectivity index (χ4n) is 7.47. The van der Waals surface area contributed by atoms with Crippen molar-refractivity contribution in [1.29, 1.82) is 0 Å². The van der Waals surface area contributed by atoms with Gasteiger partial charge in [0.15, 0.2) is 11.6 Å². The molecule has 3 aliphatic heterocycles. The van der Waals surface area contributed by atoms with Crippen molar-refractivity contribution < 1.29 is 9.53 Å². The molecule has 12 nitrogen and oxygen atoms in total. The Bertz CT molecular complexity index is 1800. The first-order valence-corrected chi connectivity index (χ1v) is 19.0. The number of benzene rings is 2. The quantitative estimate of drug-likeness (QED) is 0.280. The number of rotatable bonds is 7. The van der Waals surface area contributed by atoms with Crippen molar-refractivity contribution in [2.45, 2.75) is 51.1 Å². The highest BCUT2D eigenvalue weighted by atomic mass is 16.5. The molecule has 2 aliphatic carbocycles. The van der Waals surface area contributed by atoms with E-state index in [-0.39, 0.29) is 5.91 Å². The number of piperazine rings is 1. The standard InChI is InChI=1S/2C20H25N5O/c1-23-12-13-26-19-14-15(2-6-18(19)23)17-5-7-20(22-21-17)25-10-8-24(9-11-25)16-3-4-16;1-15(26)21-17-5-3-16(4-6-17)19-9-10-20(23-22-19)25-12-2-11-24(13-14-25)18-7-8-18/h2,5-7,14,16H,3-4,8-13H2,1H3;3-6,9-10,18H,2,7-8,11-14H2,1H3,(H,21,26). The first-order chi connectivity index (χ1) is 25.5. The molecule has 1 N–H and O–H groups in total. The summed E-state index contributed by atoms with van der Waals surface area (Å²) in [6, 6.07) is 23.9. The van der Waals surface area contributed by atoms with Gasteiger partial charge in [0.1, 0.15) is 12.4 Å². The molecule has 52 heavy (non-hydrogen) atoms. The molecule has 4 fully saturated rings. The van der Waals surface area contributed by atoms with Crippen LogP contribution in [0.15, 0.2) is 66.7 Å². The summed E-state index contributed by atoms with van der Waals surface area (Å²) in [4.78, 5) is 23.3. The first kappa shape index (κ1) is 34.3. The summed E-state index contributed by atoms with van der Waals surface area (Å²) >= 11 is 0. The monoisotopic (exact) mass is 702 g/mol. The number of aromatic nitrogens is 4. The second-order valence-corrected chi connectivity index (χ2v) is 14.6. The zero-order chi connectivity index (χ0) is 35.4. The van der Waals surface area contributed by atoms with E-state index in [1.54, 1.807) is 0 Å². The fraction of sp³-hybridized carbons (Fsp3) is 0.475. The third-order valence-corrected chi connectivity index (χ3v) is 10.8. The highest BCUT2D eigenvalue weighted by Gasteiger charge is 2.32. The summed E-state index contributed by atoms with van der Waals surface area (Å²) < 4.78 is 5.81. The van der Waals surface area contributed by atoms with Gasteiger partial charge in [0.05, 0.1) is 23.6 Å². The zero-order valence-electron chi connectivity index (χ0n) is 30.5. The average Bonchev–Trinajstić information content (AvgIpc) is 4.09. The molecule has 12 heteroatoms. The number of hydrogen-bond donors (Lipinski definition) is 1. The van der Waals surface area contributed by atoms with Crippen molar-refractivity contribution >= 4 is 28.9 Å². The van der Waals surface area contributed by atoms with E-state index in [0.717, 1.165) is 122 Å². The van der Waals surface area contributed by atoms with Crippen LogP contribution in [0.2, 0.25) is 0 Å². The Hall–Kier alpha value is -4.81. The lowest BCUT2D eigenvalue weighted by Gasteiger charge is -2.35. The number of nitrogens with zero attached hydrogens (tertiary/aromatic N) is 9. The van der Waals surface area contributed by atoms with Gasteiger partial charge in [0, 0.05) is 95.2 Å². The van der Waals surface area contributed by atoms with E-state index < -0.39 is 0 Å². The van der Waals surface area contributed by atoms with Crippen LogP contribution in [0.1, 0.15) is 39.0 Å². The molecular weight excluding hydrogens is 653 g/mol. The van der Waals surface area contributed by atoms with Crippen LogP contribution in [-0.4, -0.2) is 121 Å². The summed E-state index contributed by atoms with van der Waals surface area (Å²) in [5.41, 5.74) is 5.71. The van der Waals surface area contributed by atoms with Crippen molar-refractivity contribution in [2.24, 2.45) is 0 Å². The maximum absolute atomic E-state index is 11.1. The minimum Gasteiger partial charge on any atom is -0.490 e. The van der Waals surface area contributed by atoms with Crippen molar-refractivity contribution in [3.8, 4) is 28.3 Å². The van der Waals surface area contributed by atoms with Crippen LogP contribution < -0.4 is 24.8 Å². The van der Waals surface area contributed by atoms with Crippen molar-refractivity contribution in [1.82, 2.24) is 30.2 Å². The van der Waals surface area contributed by atoms with Gasteiger partial charge in [-0.25, -0.2) is 0 Å². The molecule has 0 bridgehead atoms. The molecule has 9 rings (SSSR count). The highest BCUT2D eigenvalue weighted by molar-refractivity contribution is 5.88. The Balaban J connectivity index is 0.000000149. The van der Waals surface area contributed by atoms with Gasteiger partial charge in [0.2, 0.25) is 5.91 Å². The third kappa shape index (κ3) is 8.29. The summed E-state index contributed by atoms with van der Waals surface area (Å²) in [5.74, 6) is 2.80. The molecule has 2 saturated heterocycles. The lowest BCUT2D eigenvalue weighted by molar-refractivity contribution is -0.114. The average molecular weight is 703 g/mol. The summed E-state index contributed by atoms with van der Waals surface area (Å²) in [5, 5.41) is 20.6. The number of anilines is 4. The Morgan fingerprint density at radius 1 is 0.654 bits per heavy atom. The molecule has 5 aliphatic rings. The van der Waals surface area contributed by atoms with E-state index in [9.17, 15) is 4.79 Å². The van der Waals surface area contributed by atoms with Gasteiger partial charge in [-0.2, -0.15) is 0 Å². The normalized spacial score (nSPS) is 19.5. The van der Waals surface area contributed by atoms with Crippen LogP contribution in [0.3, 0.4) is 0 Å². The summed E-state index contributed by atoms with van der Waals surface area (Å²) in [6.45, 7) is 11.9. The third-order valence-electron chi connectivity index (χ3n) is 10.8. The van der Waals surface area contributed by atoms with Gasteiger partial charge in [-0.15, -0.1) is 20.4 Å². The van der Waals surface area contributed by atoms with Gasteiger partial charge in [-0.1, -0.05) is 18.2 Å². The van der Waals surface area contributed by atoms with Crippen LogP contribution in [0.25, 0.3) is 22.5 Å². The van der Waals surface area contributed by atoms with E-state index in [2.05, 4.69) is 93.7 Å². The lowest BCUT2D eigenvalue weighted by Crippen LogP contribution is -2.47. The van der Waals surface area contributed by atoms with E-state index in [1.807, 2.05) is 30.3 Å². The molecule has 4 aromatic rings. The SMILES string of the molecule is CC(=O)Nc1ccc(-c2ccc(N3CCCN(C4CC4)CC3)nn2)cc1.CN1CCOc2cc(-c3ccc(N4CCN(C5CC5)CC4)nn3)ccc21. The molecule has 0 spiro atoms. The molecule has 1 amide bonds. The maximum Gasteiger partial charge on any atom is 0.221 e. The largest absolute Gasteiger partial charge is 0.490 e. The number of hydrogen-bond acceptors (Lipinski definition) is 11. The molecule has 5 heterocycles. The lowest BCUT2D eigenvalue weighted by atomic mass is 10.1. The number of likely N-dealkylation sites (N-methyl/N-ethyl adjacent to an activating group) is 1. The van der Waals surface area contributed by atoms with Crippen molar-refractivity contribution in [2.75, 3.05) is 92.6 Å². The van der Waals surface area contributed by atoms with Crippen LogP contribution in [0.5, 0.6) is 5.75 Å². The van der Waals surface area contributed by atoms with Crippen LogP contribution >= 0.6 is 0 Å². The minimum atomic E-state index is -0.0698. The Morgan fingerprint density at radius 3 is 1.81 bits per heavy atom. The van der Waals surface area contributed by atoms with Crippen LogP contribution in [0.4, 0.5) is 23.0 Å². The van der Waals surface area contributed by atoms with Crippen molar-refractivity contribution in [3.05, 3.63) is 66.7 Å². The van der Waals surface area contributed by atoms with E-state index in [4.69, 9.17) is 4.74 Å². The first-order valence-electron chi connectivity index (χ1n) is 19.0. The van der Waals surface area contributed by atoms with Gasteiger partial charge in [-0.05, 0) is 80.6 Å². The van der Waals surface area contributed by atoms with Crippen molar-refractivity contribution in [3.63, 3.8) is 0 Å². The van der Waals surface area contributed by atoms with Gasteiger partial charge < -0.3 is 24.8 Å². The number of fused-ring (bicyclic) bond motifs is 1. The Kier molecular flexibility index (Phi) is 10.2. The highest BCUT2D eigenvalue weighted by Crippen LogP contribution is 2.35. The molecule has 2 aromatic heterocycles. The number of amides is 1. The molecule has 0 radical (unpaired) electrons. The predicted octanol–water partition coefficient (Wildman–Crippen LogP) is 5.03. The fourth-order valence-corrected chi connectivity index (χ4v) is 7.47. The van der Waals surface area contributed by atoms with E-state index >= 15 is 0 Å². The van der Waals surface area contributed by atoms with E-state index in [0.29, 0.717) is 0 Å². The van der Waals surface area contributed by atoms with Gasteiger partial charge in [0.25, 0.3) is 0 Å². The predicted molar refractivity (Wildman–Crippen MR) is 206 cm³/mol. The second-order valence-electron chi connectivity index (χ2n) is 14.6. The molecule has 272 valence electrons. The zero-order valence-corrected chi connectivity index (χ0v) is 30.5. The molecular formula is C40H50N10O2. The number of ether oxygens (including phenoxy) is 1. The number of nitrogens with one attached hydrogen (secondary N) is 1. The topological polar surface area (TPSA) is 106 Å². The number of carbonyl (C=O) groups is 1.